The van der Waals surface area contributed by atoms with Gasteiger partial charge < -0.3 is 15.2 Å². The van der Waals surface area contributed by atoms with Gasteiger partial charge in [0.05, 0.1) is 5.92 Å². The zero-order chi connectivity index (χ0) is 14.3. The second-order valence-corrected chi connectivity index (χ2v) is 4.63. The van der Waals surface area contributed by atoms with Crippen LogP contribution in [0.15, 0.2) is 30.3 Å². The van der Waals surface area contributed by atoms with E-state index in [1.54, 1.807) is 13.8 Å². The van der Waals surface area contributed by atoms with Crippen molar-refractivity contribution in [3.05, 3.63) is 35.9 Å². The molecule has 0 radical (unpaired) electrons. The van der Waals surface area contributed by atoms with Crippen molar-refractivity contribution >= 4 is 12.1 Å². The molecule has 0 aromatic heterocycles. The number of carbonyl (C=O) groups excluding carboxylic acids is 1. The topological polar surface area (TPSA) is 75.6 Å². The SMILES string of the molecule is CC(C)[C@@H](CNC(=O)OCc1ccccc1)C(=O)O. The number of alkyl carbamates (subject to hydrolysis) is 1. The number of carbonyl (C=O) groups is 2. The number of hydrogen-bond donors (Lipinski definition) is 2. The summed E-state index contributed by atoms with van der Waals surface area (Å²) in [5, 5.41) is 11.4. The summed E-state index contributed by atoms with van der Waals surface area (Å²) in [4.78, 5) is 22.4. The third kappa shape index (κ3) is 5.42. The Kier molecular flexibility index (Phi) is 5.85. The molecule has 0 aliphatic carbocycles. The molecular formula is C14H19NO4. The first kappa shape index (κ1) is 15.0. The summed E-state index contributed by atoms with van der Waals surface area (Å²) >= 11 is 0. The molecule has 1 atom stereocenters. The van der Waals surface area contributed by atoms with E-state index in [0.717, 1.165) is 5.56 Å². The molecular weight excluding hydrogens is 246 g/mol. The van der Waals surface area contributed by atoms with Crippen LogP contribution in [-0.4, -0.2) is 23.7 Å². The lowest BCUT2D eigenvalue weighted by Gasteiger charge is -2.16. The number of rotatable bonds is 6. The fourth-order valence-corrected chi connectivity index (χ4v) is 1.58. The highest BCUT2D eigenvalue weighted by Crippen LogP contribution is 2.09. The molecule has 5 nitrogen and oxygen atoms in total. The smallest absolute Gasteiger partial charge is 0.407 e. The van der Waals surface area contributed by atoms with Crippen molar-refractivity contribution in [3.63, 3.8) is 0 Å². The molecule has 0 aliphatic rings. The summed E-state index contributed by atoms with van der Waals surface area (Å²) in [5.74, 6) is -1.57. The van der Waals surface area contributed by atoms with Crippen molar-refractivity contribution in [2.45, 2.75) is 20.5 Å². The van der Waals surface area contributed by atoms with Gasteiger partial charge in [-0.2, -0.15) is 0 Å². The second kappa shape index (κ2) is 7.41. The zero-order valence-electron chi connectivity index (χ0n) is 11.1. The van der Waals surface area contributed by atoms with Crippen LogP contribution in [-0.2, 0) is 16.1 Å². The minimum absolute atomic E-state index is 0.0491. The van der Waals surface area contributed by atoms with Crippen LogP contribution in [0.5, 0.6) is 0 Å². The van der Waals surface area contributed by atoms with E-state index in [0.29, 0.717) is 0 Å². The van der Waals surface area contributed by atoms with Crippen molar-refractivity contribution in [2.75, 3.05) is 6.54 Å². The van der Waals surface area contributed by atoms with E-state index in [1.165, 1.54) is 0 Å². The van der Waals surface area contributed by atoms with Crippen molar-refractivity contribution in [3.8, 4) is 0 Å². The molecule has 104 valence electrons. The van der Waals surface area contributed by atoms with Gasteiger partial charge in [-0.05, 0) is 11.5 Å². The predicted molar refractivity (Wildman–Crippen MR) is 70.6 cm³/mol. The number of carboxylic acids is 1. The van der Waals surface area contributed by atoms with E-state index in [9.17, 15) is 9.59 Å². The normalized spacial score (nSPS) is 11.9. The molecule has 0 fully saturated rings. The van der Waals surface area contributed by atoms with E-state index < -0.39 is 18.0 Å². The molecule has 0 saturated carbocycles. The van der Waals surface area contributed by atoms with Crippen LogP contribution in [0.1, 0.15) is 19.4 Å². The number of ether oxygens (including phenoxy) is 1. The minimum Gasteiger partial charge on any atom is -0.481 e. The van der Waals surface area contributed by atoms with Gasteiger partial charge in [-0.25, -0.2) is 4.79 Å². The van der Waals surface area contributed by atoms with Gasteiger partial charge in [0.15, 0.2) is 0 Å². The Balaban J connectivity index is 2.33. The highest BCUT2D eigenvalue weighted by atomic mass is 16.5. The first-order valence-corrected chi connectivity index (χ1v) is 6.18. The van der Waals surface area contributed by atoms with Gasteiger partial charge >= 0.3 is 12.1 Å². The maximum Gasteiger partial charge on any atom is 0.407 e. The number of aliphatic carboxylic acids is 1. The Bertz CT molecular complexity index is 417. The molecule has 0 unspecified atom stereocenters. The van der Waals surface area contributed by atoms with Crippen LogP contribution in [0, 0.1) is 11.8 Å². The summed E-state index contributed by atoms with van der Waals surface area (Å²) in [6.07, 6.45) is -0.601. The standard InChI is InChI=1S/C14H19NO4/c1-10(2)12(13(16)17)8-15-14(18)19-9-11-6-4-3-5-7-11/h3-7,10,12H,8-9H2,1-2H3,(H,15,18)(H,16,17)/t12-/m1/s1. The first-order valence-electron chi connectivity index (χ1n) is 6.18. The van der Waals surface area contributed by atoms with Gasteiger partial charge in [0.1, 0.15) is 6.61 Å². The van der Waals surface area contributed by atoms with Crippen molar-refractivity contribution < 1.29 is 19.4 Å². The molecule has 5 heteroatoms. The van der Waals surface area contributed by atoms with Gasteiger partial charge in [-0.1, -0.05) is 44.2 Å². The van der Waals surface area contributed by atoms with Crippen LogP contribution in [0.3, 0.4) is 0 Å². The van der Waals surface area contributed by atoms with Gasteiger partial charge in [-0.3, -0.25) is 4.79 Å². The molecule has 0 saturated heterocycles. The number of amides is 1. The molecule has 0 spiro atoms. The van der Waals surface area contributed by atoms with Crippen molar-refractivity contribution in [1.29, 1.82) is 0 Å². The van der Waals surface area contributed by atoms with Gasteiger partial charge in [0, 0.05) is 6.54 Å². The molecule has 1 aromatic rings. The third-order valence-electron chi connectivity index (χ3n) is 2.80. The monoisotopic (exact) mass is 265 g/mol. The van der Waals surface area contributed by atoms with E-state index >= 15 is 0 Å². The van der Waals surface area contributed by atoms with Crippen LogP contribution < -0.4 is 5.32 Å². The van der Waals surface area contributed by atoms with E-state index in [4.69, 9.17) is 9.84 Å². The Hall–Kier alpha value is -2.04. The molecule has 19 heavy (non-hydrogen) atoms. The van der Waals surface area contributed by atoms with E-state index in [-0.39, 0.29) is 19.1 Å². The third-order valence-corrected chi connectivity index (χ3v) is 2.80. The Morgan fingerprint density at radius 3 is 2.42 bits per heavy atom. The summed E-state index contributed by atoms with van der Waals surface area (Å²) in [7, 11) is 0. The Labute approximate surface area is 112 Å². The summed E-state index contributed by atoms with van der Waals surface area (Å²) in [6.45, 7) is 3.85. The molecule has 0 heterocycles. The van der Waals surface area contributed by atoms with Crippen LogP contribution in [0.2, 0.25) is 0 Å². The minimum atomic E-state index is -0.918. The lowest BCUT2D eigenvalue weighted by atomic mass is 9.96. The zero-order valence-corrected chi connectivity index (χ0v) is 11.1. The average molecular weight is 265 g/mol. The van der Waals surface area contributed by atoms with Crippen molar-refractivity contribution in [2.24, 2.45) is 11.8 Å². The quantitative estimate of drug-likeness (QED) is 0.827. The maximum absolute atomic E-state index is 11.4. The van der Waals surface area contributed by atoms with Gasteiger partial charge in [-0.15, -0.1) is 0 Å². The molecule has 0 aliphatic heterocycles. The highest BCUT2D eigenvalue weighted by Gasteiger charge is 2.22. The molecule has 1 amide bonds. The number of carboxylic acid groups (broad SMARTS) is 1. The van der Waals surface area contributed by atoms with E-state index in [2.05, 4.69) is 5.32 Å². The second-order valence-electron chi connectivity index (χ2n) is 4.63. The fourth-order valence-electron chi connectivity index (χ4n) is 1.58. The van der Waals surface area contributed by atoms with Crippen molar-refractivity contribution in [1.82, 2.24) is 5.32 Å². The van der Waals surface area contributed by atoms with Gasteiger partial charge in [0.2, 0.25) is 0 Å². The molecule has 1 rings (SSSR count). The Morgan fingerprint density at radius 2 is 1.89 bits per heavy atom. The average Bonchev–Trinajstić information content (AvgIpc) is 2.37. The lowest BCUT2D eigenvalue weighted by molar-refractivity contribution is -0.142. The fraction of sp³-hybridized carbons (Fsp3) is 0.429. The first-order chi connectivity index (χ1) is 9.00. The highest BCUT2D eigenvalue weighted by molar-refractivity contribution is 5.72. The lowest BCUT2D eigenvalue weighted by Crippen LogP contribution is -2.35. The largest absolute Gasteiger partial charge is 0.481 e. The molecule has 0 bridgehead atoms. The number of benzene rings is 1. The number of nitrogens with one attached hydrogen (secondary N) is 1. The van der Waals surface area contributed by atoms with Crippen LogP contribution in [0.4, 0.5) is 4.79 Å². The van der Waals surface area contributed by atoms with E-state index in [1.807, 2.05) is 30.3 Å². The summed E-state index contributed by atoms with van der Waals surface area (Å²) in [5.41, 5.74) is 0.885. The molecule has 2 N–H and O–H groups in total. The number of hydrogen-bond acceptors (Lipinski definition) is 3. The van der Waals surface area contributed by atoms with Crippen LogP contribution in [0.25, 0.3) is 0 Å². The molecule has 1 aromatic carbocycles. The Morgan fingerprint density at radius 1 is 1.26 bits per heavy atom. The summed E-state index contributed by atoms with van der Waals surface area (Å²) < 4.78 is 4.99. The van der Waals surface area contributed by atoms with Crippen LogP contribution >= 0.6 is 0 Å². The summed E-state index contributed by atoms with van der Waals surface area (Å²) in [6, 6.07) is 9.29. The van der Waals surface area contributed by atoms with Gasteiger partial charge in [0.25, 0.3) is 0 Å². The predicted octanol–water partition coefficient (Wildman–Crippen LogP) is 2.27. The maximum atomic E-state index is 11.4.